The number of aryl methyl sites for hydroxylation is 1. The van der Waals surface area contributed by atoms with Crippen molar-refractivity contribution in [1.82, 2.24) is 9.55 Å². The molecule has 1 N–H and O–H groups in total. The van der Waals surface area contributed by atoms with Gasteiger partial charge in [-0.3, -0.25) is 9.59 Å². The van der Waals surface area contributed by atoms with Crippen LogP contribution in [0.15, 0.2) is 29.1 Å². The predicted octanol–water partition coefficient (Wildman–Crippen LogP) is 3.08. The van der Waals surface area contributed by atoms with Crippen molar-refractivity contribution in [2.45, 2.75) is 39.8 Å². The second-order valence-electron chi connectivity index (χ2n) is 7.19. The van der Waals surface area contributed by atoms with Crippen LogP contribution in [0, 0.1) is 5.92 Å². The fraction of sp³-hybridized carbons (Fsp3) is 0.273. The summed E-state index contributed by atoms with van der Waals surface area (Å²) in [5.74, 6) is 0.385. The number of pyridine rings is 2. The molecule has 0 spiro atoms. The smallest absolute Gasteiger partial charge is 0.318 e. The summed E-state index contributed by atoms with van der Waals surface area (Å²) in [4.78, 5) is 30.1. The lowest BCUT2D eigenvalue weighted by atomic mass is 9.90. The maximum Gasteiger partial charge on any atom is 0.318 e. The molecule has 1 aromatic carbocycles. The maximum atomic E-state index is 13.2. The van der Waals surface area contributed by atoms with Crippen molar-refractivity contribution in [2.75, 3.05) is 0 Å². The van der Waals surface area contributed by atoms with Gasteiger partial charge in [-0.1, -0.05) is 13.8 Å². The molecule has 28 heavy (non-hydrogen) atoms. The normalized spacial score (nSPS) is 15.3. The van der Waals surface area contributed by atoms with Crippen LogP contribution in [-0.4, -0.2) is 20.6 Å². The number of esters is 1. The van der Waals surface area contributed by atoms with Gasteiger partial charge in [-0.05, 0) is 48.2 Å². The molecule has 6 heteroatoms. The van der Waals surface area contributed by atoms with Crippen LogP contribution >= 0.6 is 0 Å². The van der Waals surface area contributed by atoms with Gasteiger partial charge in [0.05, 0.1) is 29.0 Å². The Morgan fingerprint density at radius 2 is 1.96 bits per heavy atom. The van der Waals surface area contributed by atoms with Crippen LogP contribution in [-0.2, 0) is 29.1 Å². The van der Waals surface area contributed by atoms with Gasteiger partial charge in [-0.2, -0.15) is 0 Å². The zero-order valence-electron chi connectivity index (χ0n) is 15.7. The number of cyclic esters (lactones) is 1. The third kappa shape index (κ3) is 2.17. The molecule has 4 heterocycles. The minimum Gasteiger partial charge on any atom is -0.508 e. The molecule has 1 radical (unpaired) electrons. The first-order valence-electron chi connectivity index (χ1n) is 9.48. The SMILES string of the molecule is CC[C]1C(=O)OCc2c1cc1n(c2=O)Cc2c-1nc1ccc(O)cc1c2CC. The van der Waals surface area contributed by atoms with Gasteiger partial charge in [0.25, 0.3) is 5.56 Å². The molecule has 0 amide bonds. The van der Waals surface area contributed by atoms with Crippen LogP contribution in [0.4, 0.5) is 0 Å². The highest BCUT2D eigenvalue weighted by Crippen LogP contribution is 2.39. The van der Waals surface area contributed by atoms with Gasteiger partial charge >= 0.3 is 5.97 Å². The molecule has 5 rings (SSSR count). The van der Waals surface area contributed by atoms with Crippen LogP contribution in [0.1, 0.15) is 42.5 Å². The van der Waals surface area contributed by atoms with Crippen molar-refractivity contribution in [3.63, 3.8) is 0 Å². The molecule has 2 aromatic heterocycles. The van der Waals surface area contributed by atoms with E-state index in [1.165, 1.54) is 0 Å². The Balaban J connectivity index is 1.82. The number of phenolic OH excluding ortho intramolecular Hbond substituents is 1. The largest absolute Gasteiger partial charge is 0.508 e. The van der Waals surface area contributed by atoms with Crippen molar-refractivity contribution >= 4 is 16.9 Å². The minimum absolute atomic E-state index is 0.0109. The molecule has 2 aliphatic heterocycles. The van der Waals surface area contributed by atoms with Gasteiger partial charge in [0, 0.05) is 10.9 Å². The number of rotatable bonds is 2. The summed E-state index contributed by atoms with van der Waals surface area (Å²) in [6, 6.07) is 7.06. The van der Waals surface area contributed by atoms with Gasteiger partial charge in [0.2, 0.25) is 0 Å². The number of aromatic nitrogens is 2. The molecule has 141 valence electrons. The maximum absolute atomic E-state index is 13.2. The van der Waals surface area contributed by atoms with Gasteiger partial charge in [0.1, 0.15) is 18.3 Å². The molecular weight excluding hydrogens is 356 g/mol. The monoisotopic (exact) mass is 375 g/mol. The summed E-state index contributed by atoms with van der Waals surface area (Å²) in [5, 5.41) is 10.8. The number of aromatic hydroxyl groups is 1. The average molecular weight is 375 g/mol. The highest BCUT2D eigenvalue weighted by Gasteiger charge is 2.35. The van der Waals surface area contributed by atoms with E-state index in [1.807, 2.05) is 13.0 Å². The molecule has 2 aliphatic rings. The summed E-state index contributed by atoms with van der Waals surface area (Å²) in [5.41, 5.74) is 5.49. The Hall–Kier alpha value is -3.15. The Kier molecular flexibility index (Phi) is 3.59. The fourth-order valence-corrected chi connectivity index (χ4v) is 4.42. The summed E-state index contributed by atoms with van der Waals surface area (Å²) >= 11 is 0. The Morgan fingerprint density at radius 3 is 2.71 bits per heavy atom. The van der Waals surface area contributed by atoms with E-state index in [-0.39, 0.29) is 23.9 Å². The molecular formula is C22H19N2O4. The zero-order valence-corrected chi connectivity index (χ0v) is 15.7. The summed E-state index contributed by atoms with van der Waals surface area (Å²) < 4.78 is 6.94. The van der Waals surface area contributed by atoms with Crippen LogP contribution in [0.25, 0.3) is 22.3 Å². The molecule has 0 atom stereocenters. The lowest BCUT2D eigenvalue weighted by molar-refractivity contribution is -0.143. The number of carbonyl (C=O) groups excluding carboxylic acids is 1. The summed E-state index contributed by atoms with van der Waals surface area (Å²) in [6.45, 7) is 4.40. The van der Waals surface area contributed by atoms with Crippen molar-refractivity contribution in [3.05, 3.63) is 62.8 Å². The van der Waals surface area contributed by atoms with E-state index in [2.05, 4.69) is 6.92 Å². The highest BCUT2D eigenvalue weighted by atomic mass is 16.5. The first-order chi connectivity index (χ1) is 13.5. The number of nitrogens with zero attached hydrogens (tertiary/aromatic N) is 2. The molecule has 0 aliphatic carbocycles. The van der Waals surface area contributed by atoms with E-state index >= 15 is 0 Å². The number of ether oxygens (including phenoxy) is 1. The van der Waals surface area contributed by atoms with Crippen molar-refractivity contribution in [1.29, 1.82) is 0 Å². The number of carbonyl (C=O) groups is 1. The van der Waals surface area contributed by atoms with Crippen LogP contribution in [0.2, 0.25) is 0 Å². The molecule has 6 nitrogen and oxygen atoms in total. The van der Waals surface area contributed by atoms with Crippen molar-refractivity contribution < 1.29 is 14.6 Å². The lowest BCUT2D eigenvalue weighted by Crippen LogP contribution is -2.32. The van der Waals surface area contributed by atoms with E-state index in [9.17, 15) is 14.7 Å². The number of fused-ring (bicyclic) bond motifs is 5. The Labute approximate surface area is 161 Å². The van der Waals surface area contributed by atoms with Gasteiger partial charge in [-0.25, -0.2) is 4.98 Å². The van der Waals surface area contributed by atoms with E-state index in [0.29, 0.717) is 30.0 Å². The molecule has 0 fully saturated rings. The topological polar surface area (TPSA) is 81.4 Å². The molecule has 0 saturated heterocycles. The molecule has 0 unspecified atom stereocenters. The predicted molar refractivity (Wildman–Crippen MR) is 104 cm³/mol. The molecule has 0 saturated carbocycles. The number of phenols is 1. The van der Waals surface area contributed by atoms with Crippen molar-refractivity contribution in [2.24, 2.45) is 0 Å². The second kappa shape index (κ2) is 5.92. The minimum atomic E-state index is -0.353. The Morgan fingerprint density at radius 1 is 1.14 bits per heavy atom. The molecule has 3 aromatic rings. The zero-order chi connectivity index (χ0) is 19.6. The van der Waals surface area contributed by atoms with E-state index in [4.69, 9.17) is 9.72 Å². The highest BCUT2D eigenvalue weighted by molar-refractivity contribution is 5.93. The number of benzene rings is 1. The van der Waals surface area contributed by atoms with Crippen LogP contribution in [0.5, 0.6) is 5.75 Å². The van der Waals surface area contributed by atoms with Crippen LogP contribution in [0.3, 0.4) is 0 Å². The first kappa shape index (κ1) is 17.0. The quantitative estimate of drug-likeness (QED) is 0.545. The van der Waals surface area contributed by atoms with Gasteiger partial charge in [0.15, 0.2) is 0 Å². The first-order valence-corrected chi connectivity index (χ1v) is 9.48. The third-order valence-electron chi connectivity index (χ3n) is 5.77. The number of hydrogen-bond donors (Lipinski definition) is 1. The summed E-state index contributed by atoms with van der Waals surface area (Å²) in [7, 11) is 0. The van der Waals surface area contributed by atoms with Gasteiger partial charge in [-0.15, -0.1) is 0 Å². The van der Waals surface area contributed by atoms with E-state index in [0.717, 1.165) is 39.8 Å². The standard InChI is InChI=1S/C22H19N2O4/c1-3-12-15-7-11(25)5-6-18(15)23-20-16(12)9-24-19(20)8-14-13(4-2)22(27)28-10-17(14)21(24)26/h5-8,25H,3-4,9-10H2,1-2H3. The second-order valence-corrected chi connectivity index (χ2v) is 7.19. The van der Waals surface area contributed by atoms with Crippen LogP contribution < -0.4 is 5.56 Å². The van der Waals surface area contributed by atoms with Crippen molar-refractivity contribution in [3.8, 4) is 17.1 Å². The van der Waals surface area contributed by atoms with E-state index < -0.39 is 0 Å². The Bertz CT molecular complexity index is 1230. The average Bonchev–Trinajstić information content (AvgIpc) is 3.05. The lowest BCUT2D eigenvalue weighted by Gasteiger charge is -2.23. The third-order valence-corrected chi connectivity index (χ3v) is 5.77. The molecule has 0 bridgehead atoms. The summed E-state index contributed by atoms with van der Waals surface area (Å²) in [6.07, 6.45) is 1.27. The van der Waals surface area contributed by atoms with E-state index in [1.54, 1.807) is 22.8 Å². The number of hydrogen-bond acceptors (Lipinski definition) is 5. The van der Waals surface area contributed by atoms with Gasteiger partial charge < -0.3 is 14.4 Å². The fourth-order valence-electron chi connectivity index (χ4n) is 4.42.